The highest BCUT2D eigenvalue weighted by molar-refractivity contribution is 5.79. The number of nitrogens with zero attached hydrogens (tertiary/aromatic N) is 4. The molecule has 4 N–H and O–H groups in total. The summed E-state index contributed by atoms with van der Waals surface area (Å²) in [6.45, 7) is 0.407. The second kappa shape index (κ2) is 3.16. The minimum absolute atomic E-state index is 0.341. The Labute approximate surface area is 101 Å². The van der Waals surface area contributed by atoms with E-state index in [1.54, 1.807) is 17.2 Å². The van der Waals surface area contributed by atoms with Gasteiger partial charge in [0.15, 0.2) is 11.8 Å². The second-order valence-corrected chi connectivity index (χ2v) is 4.65. The fourth-order valence-electron chi connectivity index (χ4n) is 2.69. The third kappa shape index (κ3) is 1.07. The first-order valence-corrected chi connectivity index (χ1v) is 5.69. The highest BCUT2D eigenvalue weighted by Gasteiger charge is 2.49. The van der Waals surface area contributed by atoms with E-state index in [0.717, 1.165) is 5.65 Å². The summed E-state index contributed by atoms with van der Waals surface area (Å²) >= 11 is 0. The lowest BCUT2D eigenvalue weighted by atomic mass is 10.1. The molecule has 0 spiro atoms. The number of aromatic nitrogens is 4. The van der Waals surface area contributed by atoms with Crippen molar-refractivity contribution >= 4 is 17.0 Å². The summed E-state index contributed by atoms with van der Waals surface area (Å²) in [6.07, 6.45) is 0.183. The Kier molecular flexibility index (Phi) is 1.79. The number of anilines is 1. The Morgan fingerprint density at radius 1 is 1.39 bits per heavy atom. The molecule has 0 amide bonds. The lowest BCUT2D eigenvalue weighted by molar-refractivity contribution is -0.682. The summed E-state index contributed by atoms with van der Waals surface area (Å²) in [5.41, 5.74) is 7.11. The average Bonchev–Trinajstić information content (AvgIpc) is 2.84. The topological polar surface area (TPSA) is 110 Å². The summed E-state index contributed by atoms with van der Waals surface area (Å²) in [6, 6.07) is 0. The van der Waals surface area contributed by atoms with E-state index in [1.165, 1.54) is 0 Å². The fourth-order valence-corrected chi connectivity index (χ4v) is 2.69. The molecule has 2 aromatic heterocycles. The van der Waals surface area contributed by atoms with Gasteiger partial charge in [0.2, 0.25) is 18.4 Å². The van der Waals surface area contributed by atoms with E-state index in [0.29, 0.717) is 17.9 Å². The second-order valence-electron chi connectivity index (χ2n) is 4.65. The standard InChI is InChI=1S/C10H11N5O3/c11-8-5-9-14(2-13-8)1-4-6(16)7(17)10(18-4)15(9)3-12-5/h2-4,6-7,10-11,16-17H,1H2/p+1/t4-,6-,7-,10?/m1/s1. The Morgan fingerprint density at radius 3 is 3.06 bits per heavy atom. The molecule has 0 aromatic carbocycles. The third-order valence-corrected chi connectivity index (χ3v) is 3.61. The van der Waals surface area contributed by atoms with E-state index in [-0.39, 0.29) is 0 Å². The maximum absolute atomic E-state index is 9.98. The van der Waals surface area contributed by atoms with Crippen molar-refractivity contribution < 1.29 is 19.5 Å². The molecule has 2 bridgehead atoms. The maximum atomic E-state index is 9.98. The predicted octanol–water partition coefficient (Wildman–Crippen LogP) is -2.07. The Morgan fingerprint density at radius 2 is 2.22 bits per heavy atom. The maximum Gasteiger partial charge on any atom is 0.263 e. The van der Waals surface area contributed by atoms with Crippen LogP contribution in [0.2, 0.25) is 0 Å². The summed E-state index contributed by atoms with van der Waals surface area (Å²) in [7, 11) is 0. The smallest absolute Gasteiger partial charge is 0.263 e. The number of nitrogens with two attached hydrogens (primary N) is 1. The van der Waals surface area contributed by atoms with E-state index in [2.05, 4.69) is 9.97 Å². The Bertz CT molecular complexity index is 642. The molecule has 0 saturated carbocycles. The minimum atomic E-state index is -0.962. The molecule has 4 rings (SSSR count). The van der Waals surface area contributed by atoms with Gasteiger partial charge < -0.3 is 20.7 Å². The molecule has 1 saturated heterocycles. The van der Waals surface area contributed by atoms with Gasteiger partial charge in [-0.2, -0.15) is 0 Å². The molecule has 0 radical (unpaired) electrons. The van der Waals surface area contributed by atoms with Crippen LogP contribution in [0.15, 0.2) is 12.7 Å². The quantitative estimate of drug-likeness (QED) is 0.463. The number of imidazole rings is 1. The molecule has 4 heterocycles. The first-order chi connectivity index (χ1) is 8.66. The van der Waals surface area contributed by atoms with Crippen LogP contribution in [-0.2, 0) is 11.3 Å². The van der Waals surface area contributed by atoms with E-state index < -0.39 is 24.5 Å². The fraction of sp³-hybridized carbons (Fsp3) is 0.500. The molecular weight excluding hydrogens is 238 g/mol. The van der Waals surface area contributed by atoms with Gasteiger partial charge in [-0.3, -0.25) is 0 Å². The molecule has 8 nitrogen and oxygen atoms in total. The molecule has 1 unspecified atom stereocenters. The van der Waals surface area contributed by atoms with Crippen LogP contribution in [0, 0.1) is 0 Å². The van der Waals surface area contributed by atoms with E-state index in [4.69, 9.17) is 10.5 Å². The van der Waals surface area contributed by atoms with Gasteiger partial charge in [-0.1, -0.05) is 4.98 Å². The van der Waals surface area contributed by atoms with Crippen LogP contribution in [0.1, 0.15) is 6.23 Å². The van der Waals surface area contributed by atoms with Crippen molar-refractivity contribution in [1.82, 2.24) is 14.5 Å². The van der Waals surface area contributed by atoms with Crippen LogP contribution in [0.3, 0.4) is 0 Å². The number of rotatable bonds is 0. The van der Waals surface area contributed by atoms with Gasteiger partial charge in [0.1, 0.15) is 24.9 Å². The Hall–Kier alpha value is -1.77. The van der Waals surface area contributed by atoms with Crippen molar-refractivity contribution in [2.75, 3.05) is 5.73 Å². The lowest BCUT2D eigenvalue weighted by Crippen LogP contribution is -2.47. The summed E-state index contributed by atoms with van der Waals surface area (Å²) in [4.78, 5) is 8.25. The van der Waals surface area contributed by atoms with Crippen LogP contribution in [-0.4, -0.2) is 43.1 Å². The number of nitrogen functional groups attached to an aromatic ring is 1. The van der Waals surface area contributed by atoms with Crippen LogP contribution >= 0.6 is 0 Å². The summed E-state index contributed by atoms with van der Waals surface area (Å²) in [5.74, 6) is 0.341. The van der Waals surface area contributed by atoms with Gasteiger partial charge in [-0.15, -0.1) is 0 Å². The van der Waals surface area contributed by atoms with Crippen LogP contribution < -0.4 is 10.3 Å². The molecule has 8 heteroatoms. The third-order valence-electron chi connectivity index (χ3n) is 3.61. The number of hydrogen-bond donors (Lipinski definition) is 3. The number of hydrogen-bond acceptors (Lipinski definition) is 6. The molecule has 2 aliphatic heterocycles. The summed E-state index contributed by atoms with van der Waals surface area (Å²) < 4.78 is 9.17. The molecule has 0 aliphatic carbocycles. The largest absolute Gasteiger partial charge is 0.387 e. The number of aliphatic hydroxyl groups excluding tert-OH is 2. The van der Waals surface area contributed by atoms with Gasteiger partial charge in [0, 0.05) is 0 Å². The number of fused-ring (bicyclic) bond motifs is 3. The lowest BCUT2D eigenvalue weighted by Gasteiger charge is -2.16. The minimum Gasteiger partial charge on any atom is -0.387 e. The highest BCUT2D eigenvalue weighted by atomic mass is 16.6. The normalized spacial score (nSPS) is 33.9. The highest BCUT2D eigenvalue weighted by Crippen LogP contribution is 2.33. The molecule has 2 aromatic rings. The van der Waals surface area contributed by atoms with Crippen molar-refractivity contribution in [3.8, 4) is 0 Å². The van der Waals surface area contributed by atoms with Gasteiger partial charge in [-0.05, 0) is 0 Å². The molecule has 94 valence electrons. The molecule has 2 aliphatic rings. The number of ether oxygens (including phenoxy) is 1. The van der Waals surface area contributed by atoms with E-state index in [9.17, 15) is 10.2 Å². The van der Waals surface area contributed by atoms with Gasteiger partial charge in [0.05, 0.1) is 0 Å². The first-order valence-electron chi connectivity index (χ1n) is 5.69. The zero-order chi connectivity index (χ0) is 12.4. The van der Waals surface area contributed by atoms with Crippen molar-refractivity contribution in [2.45, 2.75) is 31.1 Å². The SMILES string of the molecule is Nc1nc[n+]2c3c1ncn3C1O[C@H](C2)[C@@H](O)[C@H]1O. The predicted molar refractivity (Wildman–Crippen MR) is 58.1 cm³/mol. The van der Waals surface area contributed by atoms with Crippen LogP contribution in [0.25, 0.3) is 11.2 Å². The van der Waals surface area contributed by atoms with E-state index in [1.807, 2.05) is 4.57 Å². The zero-order valence-corrected chi connectivity index (χ0v) is 9.34. The Balaban J connectivity index is 2.03. The molecule has 4 atom stereocenters. The molecule has 18 heavy (non-hydrogen) atoms. The van der Waals surface area contributed by atoms with Crippen molar-refractivity contribution in [3.63, 3.8) is 0 Å². The van der Waals surface area contributed by atoms with Crippen LogP contribution in [0.5, 0.6) is 0 Å². The average molecular weight is 250 g/mol. The zero-order valence-electron chi connectivity index (χ0n) is 9.34. The summed E-state index contributed by atoms with van der Waals surface area (Å²) in [5, 5.41) is 19.9. The van der Waals surface area contributed by atoms with Crippen molar-refractivity contribution in [3.05, 3.63) is 12.7 Å². The molecular formula is C10H12N5O3+. The van der Waals surface area contributed by atoms with Crippen LogP contribution in [0.4, 0.5) is 5.82 Å². The van der Waals surface area contributed by atoms with E-state index >= 15 is 0 Å². The number of aliphatic hydroxyl groups is 2. The monoisotopic (exact) mass is 250 g/mol. The van der Waals surface area contributed by atoms with Gasteiger partial charge >= 0.3 is 0 Å². The van der Waals surface area contributed by atoms with Crippen molar-refractivity contribution in [2.24, 2.45) is 0 Å². The van der Waals surface area contributed by atoms with Gasteiger partial charge in [0.25, 0.3) is 5.65 Å². The van der Waals surface area contributed by atoms with Gasteiger partial charge in [-0.25, -0.2) is 14.1 Å². The molecule has 1 fully saturated rings. The first kappa shape index (κ1) is 10.2. The van der Waals surface area contributed by atoms with Crippen molar-refractivity contribution in [1.29, 1.82) is 0 Å².